The predicted molar refractivity (Wildman–Crippen MR) is 76.7 cm³/mol. The number of benzene rings is 1. The van der Waals surface area contributed by atoms with E-state index in [4.69, 9.17) is 0 Å². The van der Waals surface area contributed by atoms with Crippen molar-refractivity contribution in [1.29, 1.82) is 0 Å². The fourth-order valence-electron chi connectivity index (χ4n) is 2.50. The zero-order valence-corrected chi connectivity index (χ0v) is 11.2. The van der Waals surface area contributed by atoms with E-state index in [0.29, 0.717) is 18.5 Å². The molecule has 2 aliphatic heterocycles. The van der Waals surface area contributed by atoms with Crippen LogP contribution < -0.4 is 16.0 Å². The van der Waals surface area contributed by atoms with Gasteiger partial charge in [-0.25, -0.2) is 0 Å². The first kappa shape index (κ1) is 12.9. The Morgan fingerprint density at radius 3 is 3.05 bits per heavy atom. The second kappa shape index (κ2) is 5.46. The molecule has 0 fully saturated rings. The molecule has 0 saturated carbocycles. The summed E-state index contributed by atoms with van der Waals surface area (Å²) in [5.41, 5.74) is 3.57. The summed E-state index contributed by atoms with van der Waals surface area (Å²) in [6.07, 6.45) is 3.45. The predicted octanol–water partition coefficient (Wildman–Crippen LogP) is 0.831. The van der Waals surface area contributed by atoms with Crippen molar-refractivity contribution < 1.29 is 9.59 Å². The van der Waals surface area contributed by atoms with Gasteiger partial charge in [-0.15, -0.1) is 0 Å². The Bertz CT molecular complexity index is 593. The van der Waals surface area contributed by atoms with Crippen LogP contribution in [0.4, 0.5) is 5.69 Å². The fourth-order valence-corrected chi connectivity index (χ4v) is 2.50. The van der Waals surface area contributed by atoms with Gasteiger partial charge in [-0.1, -0.05) is 11.6 Å². The average molecular weight is 271 g/mol. The molecule has 104 valence electrons. The molecule has 2 heterocycles. The monoisotopic (exact) mass is 271 g/mol. The third-order valence-corrected chi connectivity index (χ3v) is 3.63. The highest BCUT2D eigenvalue weighted by molar-refractivity contribution is 6.01. The summed E-state index contributed by atoms with van der Waals surface area (Å²) in [5.74, 6) is -0.107. The normalized spacial score (nSPS) is 17.2. The average Bonchev–Trinajstić information content (AvgIpc) is 2.85. The van der Waals surface area contributed by atoms with Crippen LogP contribution in [0.15, 0.2) is 29.8 Å². The summed E-state index contributed by atoms with van der Waals surface area (Å²) >= 11 is 0. The molecule has 0 spiro atoms. The van der Waals surface area contributed by atoms with Crippen LogP contribution in [0.5, 0.6) is 0 Å². The van der Waals surface area contributed by atoms with Gasteiger partial charge in [0.25, 0.3) is 5.91 Å². The number of nitrogens with one attached hydrogen (secondary N) is 3. The standard InChI is InChI=1S/C15H17N3O2/c19-14-8-12-7-11(1-2-13(12)18-14)15(20)17-9-10-3-5-16-6-4-10/h1-3,7,16H,4-6,8-9H2,(H,17,20)(H,18,19). The smallest absolute Gasteiger partial charge is 0.251 e. The van der Waals surface area contributed by atoms with E-state index < -0.39 is 0 Å². The Morgan fingerprint density at radius 2 is 2.25 bits per heavy atom. The highest BCUT2D eigenvalue weighted by atomic mass is 16.2. The van der Waals surface area contributed by atoms with Crippen molar-refractivity contribution in [2.24, 2.45) is 0 Å². The van der Waals surface area contributed by atoms with E-state index >= 15 is 0 Å². The molecular weight excluding hydrogens is 254 g/mol. The number of amides is 2. The lowest BCUT2D eigenvalue weighted by Gasteiger charge is -2.14. The third kappa shape index (κ3) is 2.72. The van der Waals surface area contributed by atoms with Crippen LogP contribution in [0.2, 0.25) is 0 Å². The second-order valence-electron chi connectivity index (χ2n) is 5.10. The number of fused-ring (bicyclic) bond motifs is 1. The molecule has 0 saturated heterocycles. The number of hydrogen-bond donors (Lipinski definition) is 3. The number of carbonyl (C=O) groups is 2. The van der Waals surface area contributed by atoms with Gasteiger partial charge in [-0.2, -0.15) is 0 Å². The van der Waals surface area contributed by atoms with Crippen molar-refractivity contribution in [1.82, 2.24) is 10.6 Å². The molecule has 0 aliphatic carbocycles. The minimum Gasteiger partial charge on any atom is -0.348 e. The van der Waals surface area contributed by atoms with Crippen LogP contribution in [0, 0.1) is 0 Å². The zero-order chi connectivity index (χ0) is 13.9. The van der Waals surface area contributed by atoms with Crippen LogP contribution in [0.25, 0.3) is 0 Å². The lowest BCUT2D eigenvalue weighted by molar-refractivity contribution is -0.115. The zero-order valence-electron chi connectivity index (χ0n) is 11.2. The molecule has 2 amide bonds. The van der Waals surface area contributed by atoms with Gasteiger partial charge >= 0.3 is 0 Å². The van der Waals surface area contributed by atoms with E-state index in [1.54, 1.807) is 18.2 Å². The molecule has 1 aromatic rings. The number of hydrogen-bond acceptors (Lipinski definition) is 3. The number of rotatable bonds is 3. The van der Waals surface area contributed by atoms with Crippen molar-refractivity contribution in [3.63, 3.8) is 0 Å². The van der Waals surface area contributed by atoms with Gasteiger partial charge in [-0.3, -0.25) is 9.59 Å². The molecule has 1 aromatic carbocycles. The van der Waals surface area contributed by atoms with E-state index in [1.165, 1.54) is 5.57 Å². The highest BCUT2D eigenvalue weighted by Gasteiger charge is 2.19. The Hall–Kier alpha value is -2.14. The van der Waals surface area contributed by atoms with Crippen LogP contribution in [0.3, 0.4) is 0 Å². The maximum absolute atomic E-state index is 12.1. The van der Waals surface area contributed by atoms with Crippen LogP contribution in [0.1, 0.15) is 22.3 Å². The second-order valence-corrected chi connectivity index (χ2v) is 5.10. The maximum Gasteiger partial charge on any atom is 0.251 e. The molecule has 5 heteroatoms. The van der Waals surface area contributed by atoms with E-state index in [1.807, 2.05) is 0 Å². The summed E-state index contributed by atoms with van der Waals surface area (Å²) in [4.78, 5) is 23.4. The fraction of sp³-hybridized carbons (Fsp3) is 0.333. The summed E-state index contributed by atoms with van der Waals surface area (Å²) in [6.45, 7) is 2.43. The van der Waals surface area contributed by atoms with Crippen molar-refractivity contribution >= 4 is 17.5 Å². The highest BCUT2D eigenvalue weighted by Crippen LogP contribution is 2.23. The van der Waals surface area contributed by atoms with Crippen molar-refractivity contribution in [3.8, 4) is 0 Å². The minimum atomic E-state index is -0.0911. The van der Waals surface area contributed by atoms with Gasteiger partial charge in [-0.05, 0) is 36.7 Å². The lowest BCUT2D eigenvalue weighted by Crippen LogP contribution is -2.29. The Morgan fingerprint density at radius 1 is 1.35 bits per heavy atom. The largest absolute Gasteiger partial charge is 0.348 e. The molecule has 0 bridgehead atoms. The van der Waals surface area contributed by atoms with Gasteiger partial charge in [0.1, 0.15) is 0 Å². The summed E-state index contributed by atoms with van der Waals surface area (Å²) in [5, 5.41) is 8.93. The number of carbonyl (C=O) groups excluding carboxylic acids is 2. The quantitative estimate of drug-likeness (QED) is 0.713. The minimum absolute atomic E-state index is 0.0163. The van der Waals surface area contributed by atoms with E-state index in [9.17, 15) is 9.59 Å². The van der Waals surface area contributed by atoms with Crippen molar-refractivity contribution in [3.05, 3.63) is 41.0 Å². The molecule has 20 heavy (non-hydrogen) atoms. The van der Waals surface area contributed by atoms with Crippen LogP contribution >= 0.6 is 0 Å². The van der Waals surface area contributed by atoms with Gasteiger partial charge in [0.15, 0.2) is 0 Å². The number of anilines is 1. The van der Waals surface area contributed by atoms with Crippen LogP contribution in [-0.2, 0) is 11.2 Å². The molecule has 0 unspecified atom stereocenters. The Kier molecular flexibility index (Phi) is 3.52. The molecule has 3 rings (SSSR count). The summed E-state index contributed by atoms with van der Waals surface area (Å²) in [7, 11) is 0. The molecule has 0 radical (unpaired) electrons. The molecule has 3 N–H and O–H groups in total. The van der Waals surface area contributed by atoms with Crippen molar-refractivity contribution in [2.75, 3.05) is 25.0 Å². The van der Waals surface area contributed by atoms with Gasteiger partial charge in [0.2, 0.25) is 5.91 Å². The van der Waals surface area contributed by atoms with Crippen molar-refractivity contribution in [2.45, 2.75) is 12.8 Å². The van der Waals surface area contributed by atoms with E-state index in [0.717, 1.165) is 30.8 Å². The van der Waals surface area contributed by atoms with Crippen LogP contribution in [-0.4, -0.2) is 31.4 Å². The summed E-state index contributed by atoms with van der Waals surface area (Å²) in [6, 6.07) is 5.33. The Labute approximate surface area is 117 Å². The van der Waals surface area contributed by atoms with E-state index in [-0.39, 0.29) is 11.8 Å². The first-order chi connectivity index (χ1) is 9.72. The van der Waals surface area contributed by atoms with Gasteiger partial charge in [0, 0.05) is 24.3 Å². The maximum atomic E-state index is 12.1. The van der Waals surface area contributed by atoms with Gasteiger partial charge in [0.05, 0.1) is 6.42 Å². The summed E-state index contributed by atoms with van der Waals surface area (Å²) < 4.78 is 0. The first-order valence-corrected chi connectivity index (χ1v) is 6.82. The lowest BCUT2D eigenvalue weighted by atomic mass is 10.1. The molecule has 0 aromatic heterocycles. The molecule has 0 atom stereocenters. The Balaban J connectivity index is 1.64. The topological polar surface area (TPSA) is 70.2 Å². The SMILES string of the molecule is O=C1Cc2cc(C(=O)NCC3=CCNCC3)ccc2N1. The molecule has 2 aliphatic rings. The van der Waals surface area contributed by atoms with E-state index in [2.05, 4.69) is 22.0 Å². The third-order valence-electron chi connectivity index (χ3n) is 3.63. The molecular formula is C15H17N3O2. The molecule has 5 nitrogen and oxygen atoms in total. The van der Waals surface area contributed by atoms with Gasteiger partial charge < -0.3 is 16.0 Å². The first-order valence-electron chi connectivity index (χ1n) is 6.82.